The van der Waals surface area contributed by atoms with Gasteiger partial charge in [-0.3, -0.25) is 0 Å². The highest BCUT2D eigenvalue weighted by Crippen LogP contribution is 2.28. The molecule has 0 saturated heterocycles. The number of hydrogen-bond donors (Lipinski definition) is 1. The van der Waals surface area contributed by atoms with Crippen LogP contribution in [0, 0.1) is 18.8 Å². The van der Waals surface area contributed by atoms with Crippen LogP contribution in [0.4, 0.5) is 0 Å². The van der Waals surface area contributed by atoms with Crippen molar-refractivity contribution >= 4 is 15.9 Å². The molecule has 0 spiro atoms. The van der Waals surface area contributed by atoms with Crippen LogP contribution in [0.2, 0.25) is 0 Å². The second-order valence-corrected chi connectivity index (χ2v) is 6.59. The van der Waals surface area contributed by atoms with E-state index < -0.39 is 0 Å². The van der Waals surface area contributed by atoms with Crippen LogP contribution in [0.3, 0.4) is 0 Å². The van der Waals surface area contributed by atoms with Gasteiger partial charge in [0.15, 0.2) is 0 Å². The molecule has 18 heavy (non-hydrogen) atoms. The van der Waals surface area contributed by atoms with Crippen LogP contribution in [-0.2, 0) is 6.54 Å². The summed E-state index contributed by atoms with van der Waals surface area (Å²) in [5, 5.41) is 3.63. The summed E-state index contributed by atoms with van der Waals surface area (Å²) in [4.78, 5) is 0. The highest BCUT2D eigenvalue weighted by atomic mass is 79.9. The van der Waals surface area contributed by atoms with Gasteiger partial charge < -0.3 is 5.32 Å². The third-order valence-corrected chi connectivity index (χ3v) is 5.14. The first-order chi connectivity index (χ1) is 8.66. The first kappa shape index (κ1) is 14.1. The van der Waals surface area contributed by atoms with Crippen LogP contribution in [-0.4, -0.2) is 6.54 Å². The summed E-state index contributed by atoms with van der Waals surface area (Å²) in [6.45, 7) is 6.74. The second-order valence-electron chi connectivity index (χ2n) is 5.74. The maximum absolute atomic E-state index is 3.63. The molecule has 2 heteroatoms. The quantitative estimate of drug-likeness (QED) is 0.852. The first-order valence-corrected chi connectivity index (χ1v) is 7.92. The van der Waals surface area contributed by atoms with Crippen molar-refractivity contribution in [3.63, 3.8) is 0 Å². The van der Waals surface area contributed by atoms with Crippen LogP contribution in [0.1, 0.15) is 43.7 Å². The molecular formula is C16H24BrN. The number of hydrogen-bond acceptors (Lipinski definition) is 1. The molecule has 2 atom stereocenters. The average molecular weight is 310 g/mol. The van der Waals surface area contributed by atoms with Gasteiger partial charge in [-0.1, -0.05) is 54.2 Å². The Morgan fingerprint density at radius 1 is 1.28 bits per heavy atom. The van der Waals surface area contributed by atoms with Gasteiger partial charge in [0, 0.05) is 11.0 Å². The zero-order valence-corrected chi connectivity index (χ0v) is 13.1. The lowest BCUT2D eigenvalue weighted by molar-refractivity contribution is 0.247. The van der Waals surface area contributed by atoms with Crippen LogP contribution in [0.5, 0.6) is 0 Å². The van der Waals surface area contributed by atoms with Crippen molar-refractivity contribution in [2.45, 2.75) is 46.1 Å². The number of aryl methyl sites for hydroxylation is 1. The first-order valence-electron chi connectivity index (χ1n) is 7.12. The predicted molar refractivity (Wildman–Crippen MR) is 81.7 cm³/mol. The highest BCUT2D eigenvalue weighted by molar-refractivity contribution is 9.10. The molecule has 2 unspecified atom stereocenters. The Labute approximate surface area is 119 Å². The third kappa shape index (κ3) is 3.83. The van der Waals surface area contributed by atoms with Crippen molar-refractivity contribution in [1.82, 2.24) is 5.32 Å². The zero-order chi connectivity index (χ0) is 13.0. The van der Waals surface area contributed by atoms with Gasteiger partial charge >= 0.3 is 0 Å². The predicted octanol–water partition coefficient (Wildman–Crippen LogP) is 4.67. The molecule has 2 rings (SSSR count). The molecule has 0 heterocycles. The summed E-state index contributed by atoms with van der Waals surface area (Å²) in [6.07, 6.45) is 5.69. The van der Waals surface area contributed by atoms with Gasteiger partial charge in [-0.05, 0) is 48.9 Å². The number of nitrogens with one attached hydrogen (secondary N) is 1. The molecule has 1 fully saturated rings. The van der Waals surface area contributed by atoms with Crippen molar-refractivity contribution in [2.75, 3.05) is 6.54 Å². The lowest BCUT2D eigenvalue weighted by atomic mass is 9.80. The maximum Gasteiger partial charge on any atom is 0.0205 e. The van der Waals surface area contributed by atoms with Crippen molar-refractivity contribution in [2.24, 2.45) is 11.8 Å². The van der Waals surface area contributed by atoms with E-state index in [1.54, 1.807) is 0 Å². The van der Waals surface area contributed by atoms with Crippen molar-refractivity contribution in [3.05, 3.63) is 33.8 Å². The van der Waals surface area contributed by atoms with Crippen molar-refractivity contribution in [3.8, 4) is 0 Å². The largest absolute Gasteiger partial charge is 0.312 e. The number of benzene rings is 1. The fourth-order valence-corrected chi connectivity index (χ4v) is 3.16. The summed E-state index contributed by atoms with van der Waals surface area (Å²) in [5.74, 6) is 1.79. The summed E-state index contributed by atoms with van der Waals surface area (Å²) < 4.78 is 1.20. The van der Waals surface area contributed by atoms with Gasteiger partial charge in [0.25, 0.3) is 0 Å². The molecule has 0 radical (unpaired) electrons. The lowest BCUT2D eigenvalue weighted by Gasteiger charge is -2.28. The molecule has 1 aliphatic carbocycles. The van der Waals surface area contributed by atoms with E-state index in [-0.39, 0.29) is 0 Å². The Hall–Kier alpha value is -0.340. The number of halogens is 1. The smallest absolute Gasteiger partial charge is 0.0205 e. The molecular weight excluding hydrogens is 286 g/mol. The van der Waals surface area contributed by atoms with E-state index in [2.05, 4.69) is 53.3 Å². The molecule has 1 aliphatic rings. The Balaban J connectivity index is 1.79. The minimum absolute atomic E-state index is 0.885. The summed E-state index contributed by atoms with van der Waals surface area (Å²) in [7, 11) is 0. The molecule has 1 saturated carbocycles. The van der Waals surface area contributed by atoms with Gasteiger partial charge in [0.1, 0.15) is 0 Å². The van der Waals surface area contributed by atoms with E-state index >= 15 is 0 Å². The summed E-state index contributed by atoms with van der Waals surface area (Å²) >= 11 is 3.55. The summed E-state index contributed by atoms with van der Waals surface area (Å²) in [5.41, 5.74) is 2.71. The zero-order valence-electron chi connectivity index (χ0n) is 11.5. The molecule has 0 amide bonds. The van der Waals surface area contributed by atoms with Gasteiger partial charge in [-0.15, -0.1) is 0 Å². The lowest BCUT2D eigenvalue weighted by Crippen LogP contribution is -2.29. The third-order valence-electron chi connectivity index (χ3n) is 4.25. The molecule has 0 aliphatic heterocycles. The van der Waals surface area contributed by atoms with E-state index in [1.165, 1.54) is 47.8 Å². The standard InChI is InChI=1S/C16H24BrN/c1-12-5-3-4-6-15(12)11-18-10-14-7-8-16(17)13(2)9-14/h7-9,12,15,18H,3-6,10-11H2,1-2H3. The Morgan fingerprint density at radius 3 is 2.78 bits per heavy atom. The molecule has 1 aromatic rings. The average Bonchev–Trinajstić information content (AvgIpc) is 2.36. The molecule has 0 bridgehead atoms. The molecule has 1 nitrogen and oxygen atoms in total. The summed E-state index contributed by atoms with van der Waals surface area (Å²) in [6, 6.07) is 6.62. The molecule has 1 N–H and O–H groups in total. The minimum Gasteiger partial charge on any atom is -0.312 e. The van der Waals surface area contributed by atoms with Crippen LogP contribution < -0.4 is 5.32 Å². The number of rotatable bonds is 4. The topological polar surface area (TPSA) is 12.0 Å². The minimum atomic E-state index is 0.885. The Kier molecular flexibility index (Phi) is 5.25. The molecule has 0 aromatic heterocycles. The van der Waals surface area contributed by atoms with Gasteiger partial charge in [0.05, 0.1) is 0 Å². The van der Waals surface area contributed by atoms with E-state index in [4.69, 9.17) is 0 Å². The van der Waals surface area contributed by atoms with Gasteiger partial charge in [0.2, 0.25) is 0 Å². The van der Waals surface area contributed by atoms with Crippen LogP contribution in [0.25, 0.3) is 0 Å². The fraction of sp³-hybridized carbons (Fsp3) is 0.625. The van der Waals surface area contributed by atoms with Gasteiger partial charge in [-0.25, -0.2) is 0 Å². The molecule has 100 valence electrons. The monoisotopic (exact) mass is 309 g/mol. The van der Waals surface area contributed by atoms with Crippen LogP contribution in [0.15, 0.2) is 22.7 Å². The second kappa shape index (κ2) is 6.72. The Morgan fingerprint density at radius 2 is 2.06 bits per heavy atom. The normalized spacial score (nSPS) is 24.2. The SMILES string of the molecule is Cc1cc(CNCC2CCCCC2C)ccc1Br. The van der Waals surface area contributed by atoms with E-state index in [1.807, 2.05) is 0 Å². The van der Waals surface area contributed by atoms with E-state index in [0.29, 0.717) is 0 Å². The maximum atomic E-state index is 3.63. The van der Waals surface area contributed by atoms with E-state index in [9.17, 15) is 0 Å². The van der Waals surface area contributed by atoms with E-state index in [0.717, 1.165) is 18.4 Å². The Bertz CT molecular complexity index is 389. The van der Waals surface area contributed by atoms with Crippen LogP contribution >= 0.6 is 15.9 Å². The highest BCUT2D eigenvalue weighted by Gasteiger charge is 2.20. The van der Waals surface area contributed by atoms with Gasteiger partial charge in [-0.2, -0.15) is 0 Å². The molecule has 1 aromatic carbocycles. The fourth-order valence-electron chi connectivity index (χ4n) is 2.91. The van der Waals surface area contributed by atoms with Crippen molar-refractivity contribution in [1.29, 1.82) is 0 Å². The van der Waals surface area contributed by atoms with Crippen molar-refractivity contribution < 1.29 is 0 Å².